The molecule has 0 saturated heterocycles. The fraction of sp³-hybridized carbons (Fsp3) is 0.182. The number of rotatable bonds is 4. The first-order valence-corrected chi connectivity index (χ1v) is 5.54. The molecule has 0 aliphatic carbocycles. The number of aromatic nitrogens is 2. The number of ether oxygens (including phenoxy) is 2. The number of carbonyl (C=O) groups excluding carboxylic acids is 1. The molecule has 0 aliphatic rings. The maximum atomic E-state index is 11.8. The zero-order valence-corrected chi connectivity index (χ0v) is 10.9. The largest absolute Gasteiger partial charge is 0.495 e. The Morgan fingerprint density at radius 2 is 2.05 bits per heavy atom. The quantitative estimate of drug-likeness (QED) is 0.923. The summed E-state index contributed by atoms with van der Waals surface area (Å²) in [6.07, 6.45) is 1.20. The summed E-state index contributed by atoms with van der Waals surface area (Å²) in [6.45, 7) is 0. The van der Waals surface area contributed by atoms with Crippen LogP contribution in [0.2, 0.25) is 5.02 Å². The molecule has 8 heteroatoms. The lowest BCUT2D eigenvalue weighted by Gasteiger charge is -2.12. The molecule has 0 radical (unpaired) electrons. The maximum absolute atomic E-state index is 11.8. The summed E-state index contributed by atoms with van der Waals surface area (Å²) in [4.78, 5) is 11.8. The fourth-order valence-electron chi connectivity index (χ4n) is 1.41. The molecule has 0 fully saturated rings. The van der Waals surface area contributed by atoms with Crippen molar-refractivity contribution in [3.05, 3.63) is 29.0 Å². The summed E-state index contributed by atoms with van der Waals surface area (Å²) in [5, 5.41) is 9.76. The molecule has 0 aliphatic heterocycles. The van der Waals surface area contributed by atoms with Crippen LogP contribution in [0.25, 0.3) is 0 Å². The van der Waals surface area contributed by atoms with Gasteiger partial charge in [0.1, 0.15) is 17.7 Å². The van der Waals surface area contributed by atoms with Crippen molar-refractivity contribution in [2.45, 2.75) is 0 Å². The number of nitrogens with zero attached hydrogens (tertiary/aromatic N) is 2. The number of nitrogens with one attached hydrogen (secondary N) is 1. The van der Waals surface area contributed by atoms with E-state index < -0.39 is 5.91 Å². The molecule has 2 rings (SSSR count). The second-order valence-electron chi connectivity index (χ2n) is 3.43. The first-order valence-electron chi connectivity index (χ1n) is 5.16. The van der Waals surface area contributed by atoms with E-state index in [1.54, 1.807) is 6.07 Å². The molecule has 1 heterocycles. The molecule has 1 aromatic heterocycles. The van der Waals surface area contributed by atoms with Crippen LogP contribution < -0.4 is 14.8 Å². The van der Waals surface area contributed by atoms with E-state index in [2.05, 4.69) is 20.3 Å². The average molecular weight is 284 g/mol. The zero-order valence-electron chi connectivity index (χ0n) is 10.1. The number of benzene rings is 1. The number of hydrogen-bond acceptors (Lipinski definition) is 6. The molecule has 19 heavy (non-hydrogen) atoms. The van der Waals surface area contributed by atoms with Crippen molar-refractivity contribution >= 4 is 23.2 Å². The van der Waals surface area contributed by atoms with Gasteiger partial charge in [-0.05, 0) is 5.16 Å². The van der Waals surface area contributed by atoms with Gasteiger partial charge in [-0.1, -0.05) is 16.8 Å². The third-order valence-electron chi connectivity index (χ3n) is 2.32. The molecule has 0 spiro atoms. The molecular formula is C11H10ClN3O4. The fourth-order valence-corrected chi connectivity index (χ4v) is 1.64. The standard InChI is InChI=1S/C11H10ClN3O4/c1-17-9-4-7(10(18-2)3-6(9)12)14-11(16)8-5-13-19-15-8/h3-5H,1-2H3,(H,14,16). The third-order valence-corrected chi connectivity index (χ3v) is 2.61. The van der Waals surface area contributed by atoms with Gasteiger partial charge in [-0.25, -0.2) is 4.63 Å². The van der Waals surface area contributed by atoms with Gasteiger partial charge in [-0.15, -0.1) is 0 Å². The Bertz CT molecular complexity index is 586. The number of carbonyl (C=O) groups is 1. The van der Waals surface area contributed by atoms with Gasteiger partial charge in [0.05, 0.1) is 24.9 Å². The minimum Gasteiger partial charge on any atom is -0.495 e. The molecule has 1 amide bonds. The van der Waals surface area contributed by atoms with Crippen LogP contribution in [0.15, 0.2) is 23.0 Å². The van der Waals surface area contributed by atoms with Crippen LogP contribution in [0, 0.1) is 0 Å². The highest BCUT2D eigenvalue weighted by molar-refractivity contribution is 6.32. The van der Waals surface area contributed by atoms with E-state index in [0.717, 1.165) is 0 Å². The van der Waals surface area contributed by atoms with Crippen LogP contribution >= 0.6 is 11.6 Å². The van der Waals surface area contributed by atoms with Crippen LogP contribution in [0.4, 0.5) is 5.69 Å². The SMILES string of the molecule is COc1cc(NC(=O)c2cnon2)c(OC)cc1Cl. The molecule has 2 aromatic rings. The van der Waals surface area contributed by atoms with E-state index in [1.807, 2.05) is 0 Å². The van der Waals surface area contributed by atoms with Gasteiger partial charge in [0.25, 0.3) is 5.91 Å². The first-order chi connectivity index (χ1) is 9.15. The average Bonchev–Trinajstić information content (AvgIpc) is 2.94. The molecule has 1 aromatic carbocycles. The highest BCUT2D eigenvalue weighted by Crippen LogP contribution is 2.35. The second kappa shape index (κ2) is 5.57. The zero-order chi connectivity index (χ0) is 13.8. The summed E-state index contributed by atoms with van der Waals surface area (Å²) in [7, 11) is 2.94. The topological polar surface area (TPSA) is 86.5 Å². The molecule has 7 nitrogen and oxygen atoms in total. The number of amides is 1. The first kappa shape index (κ1) is 13.2. The van der Waals surface area contributed by atoms with Crippen LogP contribution in [-0.4, -0.2) is 30.4 Å². The normalized spacial score (nSPS) is 10.1. The number of halogens is 1. The number of anilines is 1. The van der Waals surface area contributed by atoms with Gasteiger partial charge >= 0.3 is 0 Å². The van der Waals surface area contributed by atoms with E-state index in [9.17, 15) is 4.79 Å². The predicted octanol–water partition coefficient (Wildman–Crippen LogP) is 1.99. The molecule has 100 valence electrons. The van der Waals surface area contributed by atoms with Crippen LogP contribution in [0.3, 0.4) is 0 Å². The Morgan fingerprint density at radius 3 is 2.63 bits per heavy atom. The Hall–Kier alpha value is -2.28. The molecule has 1 N–H and O–H groups in total. The van der Waals surface area contributed by atoms with Gasteiger partial charge in [-0.3, -0.25) is 4.79 Å². The van der Waals surface area contributed by atoms with Crippen molar-refractivity contribution in [2.24, 2.45) is 0 Å². The minimum atomic E-state index is -0.482. The highest BCUT2D eigenvalue weighted by Gasteiger charge is 2.15. The van der Waals surface area contributed by atoms with E-state index in [0.29, 0.717) is 22.2 Å². The summed E-state index contributed by atoms with van der Waals surface area (Å²) in [6, 6.07) is 3.09. The van der Waals surface area contributed by atoms with Gasteiger partial charge in [0, 0.05) is 12.1 Å². The van der Waals surface area contributed by atoms with Gasteiger partial charge in [-0.2, -0.15) is 0 Å². The summed E-state index contributed by atoms with van der Waals surface area (Å²) >= 11 is 5.96. The predicted molar refractivity (Wildman–Crippen MR) is 66.8 cm³/mol. The van der Waals surface area contributed by atoms with Crippen LogP contribution in [0.5, 0.6) is 11.5 Å². The Balaban J connectivity index is 2.31. The molecular weight excluding hydrogens is 274 g/mol. The Kier molecular flexibility index (Phi) is 3.86. The molecule has 0 atom stereocenters. The minimum absolute atomic E-state index is 0.0518. The van der Waals surface area contributed by atoms with Gasteiger partial charge in [0.2, 0.25) is 0 Å². The van der Waals surface area contributed by atoms with Crippen molar-refractivity contribution in [1.29, 1.82) is 0 Å². The molecule has 0 bridgehead atoms. The lowest BCUT2D eigenvalue weighted by Crippen LogP contribution is -2.13. The lowest BCUT2D eigenvalue weighted by molar-refractivity contribution is 0.101. The van der Waals surface area contributed by atoms with E-state index in [1.165, 1.54) is 26.5 Å². The van der Waals surface area contributed by atoms with Crippen LogP contribution in [0.1, 0.15) is 10.5 Å². The molecule has 0 saturated carbocycles. The second-order valence-corrected chi connectivity index (χ2v) is 3.84. The summed E-state index contributed by atoms with van der Waals surface area (Å²) in [5.74, 6) is 0.329. The number of hydrogen-bond donors (Lipinski definition) is 1. The van der Waals surface area contributed by atoms with E-state index >= 15 is 0 Å². The van der Waals surface area contributed by atoms with Crippen molar-refractivity contribution < 1.29 is 18.9 Å². The van der Waals surface area contributed by atoms with E-state index in [-0.39, 0.29) is 5.69 Å². The highest BCUT2D eigenvalue weighted by atomic mass is 35.5. The molecule has 0 unspecified atom stereocenters. The maximum Gasteiger partial charge on any atom is 0.279 e. The third kappa shape index (κ3) is 2.76. The van der Waals surface area contributed by atoms with E-state index in [4.69, 9.17) is 21.1 Å². The van der Waals surface area contributed by atoms with Crippen molar-refractivity contribution in [3.63, 3.8) is 0 Å². The van der Waals surface area contributed by atoms with Crippen molar-refractivity contribution in [2.75, 3.05) is 19.5 Å². The lowest BCUT2D eigenvalue weighted by atomic mass is 10.2. The van der Waals surface area contributed by atoms with Crippen molar-refractivity contribution in [1.82, 2.24) is 10.3 Å². The van der Waals surface area contributed by atoms with Crippen molar-refractivity contribution in [3.8, 4) is 11.5 Å². The van der Waals surface area contributed by atoms with Gasteiger partial charge < -0.3 is 14.8 Å². The van der Waals surface area contributed by atoms with Gasteiger partial charge in [0.15, 0.2) is 5.69 Å². The Labute approximate surface area is 113 Å². The smallest absolute Gasteiger partial charge is 0.279 e. The monoisotopic (exact) mass is 283 g/mol. The Morgan fingerprint density at radius 1 is 1.32 bits per heavy atom. The summed E-state index contributed by atoms with van der Waals surface area (Å²) < 4.78 is 14.6. The summed E-state index contributed by atoms with van der Waals surface area (Å²) in [5.41, 5.74) is 0.452. The van der Waals surface area contributed by atoms with Crippen LogP contribution in [-0.2, 0) is 0 Å². The number of methoxy groups -OCH3 is 2.